The number of amides is 2. The third-order valence-corrected chi connectivity index (χ3v) is 5.86. The number of carbonyl (C=O) groups is 1. The van der Waals surface area contributed by atoms with Crippen LogP contribution >= 0.6 is 11.3 Å². The highest BCUT2D eigenvalue weighted by atomic mass is 32.1. The van der Waals surface area contributed by atoms with Crippen molar-refractivity contribution >= 4 is 17.4 Å². The van der Waals surface area contributed by atoms with E-state index < -0.39 is 0 Å². The molecule has 1 aromatic heterocycles. The predicted molar refractivity (Wildman–Crippen MR) is 102 cm³/mol. The second-order valence-corrected chi connectivity index (χ2v) is 7.69. The Labute approximate surface area is 153 Å². The van der Waals surface area contributed by atoms with Gasteiger partial charge in [-0.3, -0.25) is 0 Å². The number of carbonyl (C=O) groups excluding carboxylic acids is 1. The van der Waals surface area contributed by atoms with Gasteiger partial charge < -0.3 is 15.4 Å². The topological polar surface area (TPSA) is 50.4 Å². The molecule has 2 N–H and O–H groups in total. The first-order valence-electron chi connectivity index (χ1n) is 8.88. The lowest BCUT2D eigenvalue weighted by atomic mass is 9.88. The first-order chi connectivity index (χ1) is 12.2. The van der Waals surface area contributed by atoms with Crippen molar-refractivity contribution in [2.24, 2.45) is 5.92 Å². The van der Waals surface area contributed by atoms with E-state index in [-0.39, 0.29) is 6.03 Å². The summed E-state index contributed by atoms with van der Waals surface area (Å²) in [6, 6.07) is 7.60. The summed E-state index contributed by atoms with van der Waals surface area (Å²) in [7, 11) is 1.64. The Morgan fingerprint density at radius 2 is 2.24 bits per heavy atom. The molecule has 134 valence electrons. The standard InChI is InChI=1S/C20H26N2O2S/c1-14-6-7-18-16(13-25-19(18)10-14)8-9-21-20(23)22-12-15-4-3-5-17(11-15)24-2/h3-5,11,13-14H,6-10,12H2,1-2H3,(H2,21,22,23). The van der Waals surface area contributed by atoms with E-state index in [0.717, 1.165) is 23.7 Å². The molecule has 0 spiro atoms. The number of fused-ring (bicyclic) bond motifs is 1. The largest absolute Gasteiger partial charge is 0.497 e. The molecule has 0 radical (unpaired) electrons. The lowest BCUT2D eigenvalue weighted by Gasteiger charge is -2.19. The van der Waals surface area contributed by atoms with Gasteiger partial charge in [-0.25, -0.2) is 4.79 Å². The third kappa shape index (κ3) is 4.75. The minimum Gasteiger partial charge on any atom is -0.497 e. The molecule has 1 atom stereocenters. The van der Waals surface area contributed by atoms with Crippen molar-refractivity contribution < 1.29 is 9.53 Å². The number of hydrogen-bond donors (Lipinski definition) is 2. The van der Waals surface area contributed by atoms with Crippen molar-refractivity contribution in [1.29, 1.82) is 0 Å². The maximum atomic E-state index is 12.0. The highest BCUT2D eigenvalue weighted by Crippen LogP contribution is 2.32. The molecule has 3 rings (SSSR count). The average molecular weight is 359 g/mol. The van der Waals surface area contributed by atoms with Crippen LogP contribution in [0, 0.1) is 5.92 Å². The molecule has 0 fully saturated rings. The Kier molecular flexibility index (Phi) is 5.97. The SMILES string of the molecule is COc1cccc(CNC(=O)NCCc2csc3c2CCC(C)C3)c1. The molecule has 0 saturated heterocycles. The zero-order chi connectivity index (χ0) is 17.6. The molecular formula is C20H26N2O2S. The summed E-state index contributed by atoms with van der Waals surface area (Å²) < 4.78 is 5.19. The zero-order valence-electron chi connectivity index (χ0n) is 14.9. The van der Waals surface area contributed by atoms with E-state index in [1.54, 1.807) is 17.6 Å². The van der Waals surface area contributed by atoms with Gasteiger partial charge in [-0.15, -0.1) is 11.3 Å². The third-order valence-electron chi connectivity index (χ3n) is 4.76. The van der Waals surface area contributed by atoms with E-state index in [0.29, 0.717) is 13.1 Å². The molecule has 0 bridgehead atoms. The molecule has 2 aromatic rings. The summed E-state index contributed by atoms with van der Waals surface area (Å²) in [5, 5.41) is 8.13. The average Bonchev–Trinajstić information content (AvgIpc) is 3.02. The Balaban J connectivity index is 1.42. The van der Waals surface area contributed by atoms with Crippen LogP contribution in [0.1, 0.15) is 34.9 Å². The number of rotatable bonds is 6. The molecule has 1 aromatic carbocycles. The summed E-state index contributed by atoms with van der Waals surface area (Å²) in [6.45, 7) is 3.49. The Morgan fingerprint density at radius 3 is 3.08 bits per heavy atom. The lowest BCUT2D eigenvalue weighted by molar-refractivity contribution is 0.240. The number of hydrogen-bond acceptors (Lipinski definition) is 3. The van der Waals surface area contributed by atoms with Crippen molar-refractivity contribution in [2.45, 2.75) is 39.2 Å². The molecule has 25 heavy (non-hydrogen) atoms. The number of nitrogens with one attached hydrogen (secondary N) is 2. The molecule has 5 heteroatoms. The van der Waals surface area contributed by atoms with E-state index >= 15 is 0 Å². The summed E-state index contributed by atoms with van der Waals surface area (Å²) in [5.41, 5.74) is 3.98. The monoisotopic (exact) mass is 358 g/mol. The maximum Gasteiger partial charge on any atom is 0.315 e. The molecule has 2 amide bonds. The van der Waals surface area contributed by atoms with Crippen molar-refractivity contribution in [2.75, 3.05) is 13.7 Å². The molecule has 1 heterocycles. The van der Waals surface area contributed by atoms with Gasteiger partial charge >= 0.3 is 6.03 Å². The Bertz CT molecular complexity index is 726. The van der Waals surface area contributed by atoms with Crippen LogP contribution in [0.3, 0.4) is 0 Å². The van der Waals surface area contributed by atoms with Crippen LogP contribution in [-0.4, -0.2) is 19.7 Å². The fourth-order valence-corrected chi connectivity index (χ4v) is 4.59. The highest BCUT2D eigenvalue weighted by Gasteiger charge is 2.19. The Morgan fingerprint density at radius 1 is 1.36 bits per heavy atom. The molecule has 1 aliphatic rings. The Hall–Kier alpha value is -2.01. The van der Waals surface area contributed by atoms with Crippen LogP contribution in [0.4, 0.5) is 4.79 Å². The summed E-state index contributed by atoms with van der Waals surface area (Å²) in [5.74, 6) is 1.61. The summed E-state index contributed by atoms with van der Waals surface area (Å²) >= 11 is 1.89. The quantitative estimate of drug-likeness (QED) is 0.822. The van der Waals surface area contributed by atoms with Crippen molar-refractivity contribution in [3.63, 3.8) is 0 Å². The van der Waals surface area contributed by atoms with Crippen molar-refractivity contribution in [1.82, 2.24) is 10.6 Å². The molecule has 1 aliphatic carbocycles. The van der Waals surface area contributed by atoms with Gasteiger partial charge in [0.2, 0.25) is 0 Å². The second kappa shape index (κ2) is 8.39. The number of methoxy groups -OCH3 is 1. The van der Waals surface area contributed by atoms with Crippen LogP contribution in [-0.2, 0) is 25.8 Å². The first kappa shape index (κ1) is 17.8. The number of thiophene rings is 1. The van der Waals surface area contributed by atoms with Gasteiger partial charge in [0.25, 0.3) is 0 Å². The highest BCUT2D eigenvalue weighted by molar-refractivity contribution is 7.10. The molecule has 0 saturated carbocycles. The van der Waals surface area contributed by atoms with Crippen LogP contribution in [0.15, 0.2) is 29.6 Å². The molecule has 0 aliphatic heterocycles. The first-order valence-corrected chi connectivity index (χ1v) is 9.76. The van der Waals surface area contributed by atoms with E-state index in [1.165, 1.54) is 24.8 Å². The van der Waals surface area contributed by atoms with Crippen molar-refractivity contribution in [3.05, 3.63) is 51.2 Å². The van der Waals surface area contributed by atoms with Gasteiger partial charge in [0.15, 0.2) is 0 Å². The fraction of sp³-hybridized carbons (Fsp3) is 0.450. The van der Waals surface area contributed by atoms with E-state index in [1.807, 2.05) is 35.6 Å². The van der Waals surface area contributed by atoms with E-state index in [2.05, 4.69) is 22.9 Å². The normalized spacial score (nSPS) is 16.2. The smallest absolute Gasteiger partial charge is 0.315 e. The molecular weight excluding hydrogens is 332 g/mol. The van der Waals surface area contributed by atoms with Crippen LogP contribution < -0.4 is 15.4 Å². The van der Waals surface area contributed by atoms with E-state index in [9.17, 15) is 4.79 Å². The summed E-state index contributed by atoms with van der Waals surface area (Å²) in [6.07, 6.45) is 4.60. The van der Waals surface area contributed by atoms with Gasteiger partial charge in [0, 0.05) is 18.0 Å². The van der Waals surface area contributed by atoms with Gasteiger partial charge in [-0.2, -0.15) is 0 Å². The minimum atomic E-state index is -0.125. The molecule has 1 unspecified atom stereocenters. The van der Waals surface area contributed by atoms with Crippen LogP contribution in [0.5, 0.6) is 5.75 Å². The fourth-order valence-electron chi connectivity index (χ4n) is 3.29. The minimum absolute atomic E-state index is 0.125. The van der Waals surface area contributed by atoms with Crippen LogP contribution in [0.25, 0.3) is 0 Å². The molecule has 4 nitrogen and oxygen atoms in total. The number of urea groups is 1. The van der Waals surface area contributed by atoms with Gasteiger partial charge in [0.05, 0.1) is 7.11 Å². The van der Waals surface area contributed by atoms with Gasteiger partial charge in [-0.1, -0.05) is 19.1 Å². The van der Waals surface area contributed by atoms with Gasteiger partial charge in [0.1, 0.15) is 5.75 Å². The van der Waals surface area contributed by atoms with E-state index in [4.69, 9.17) is 4.74 Å². The predicted octanol–water partition coefficient (Wildman–Crippen LogP) is 3.92. The number of ether oxygens (including phenoxy) is 1. The van der Waals surface area contributed by atoms with Gasteiger partial charge in [-0.05, 0) is 65.8 Å². The summed E-state index contributed by atoms with van der Waals surface area (Å²) in [4.78, 5) is 13.5. The maximum absolute atomic E-state index is 12.0. The second-order valence-electron chi connectivity index (χ2n) is 6.72. The van der Waals surface area contributed by atoms with Crippen LogP contribution in [0.2, 0.25) is 0 Å². The van der Waals surface area contributed by atoms with Crippen molar-refractivity contribution in [3.8, 4) is 5.75 Å². The lowest BCUT2D eigenvalue weighted by Crippen LogP contribution is -2.36. The zero-order valence-corrected chi connectivity index (χ0v) is 15.7. The number of benzene rings is 1.